The fourth-order valence-corrected chi connectivity index (χ4v) is 3.41. The third-order valence-electron chi connectivity index (χ3n) is 3.44. The molecule has 0 spiro atoms. The minimum atomic E-state index is -0.600. The zero-order valence-electron chi connectivity index (χ0n) is 13.8. The molecular formula is C18H13Cl2NO4S. The fraction of sp³-hybridized carbons (Fsp3) is 0.111. The van der Waals surface area contributed by atoms with Gasteiger partial charge in [0.2, 0.25) is 0 Å². The highest BCUT2D eigenvalue weighted by molar-refractivity contribution is 7.13. The van der Waals surface area contributed by atoms with E-state index < -0.39 is 5.97 Å². The van der Waals surface area contributed by atoms with Crippen molar-refractivity contribution in [1.82, 2.24) is 4.98 Å². The van der Waals surface area contributed by atoms with Crippen LogP contribution >= 0.6 is 34.5 Å². The van der Waals surface area contributed by atoms with Crippen LogP contribution < -0.4 is 14.2 Å². The van der Waals surface area contributed by atoms with Crippen LogP contribution in [-0.4, -0.2) is 25.2 Å². The van der Waals surface area contributed by atoms with Crippen molar-refractivity contribution in [2.45, 2.75) is 0 Å². The number of esters is 1. The lowest BCUT2D eigenvalue weighted by atomic mass is 10.2. The monoisotopic (exact) mass is 409 g/mol. The van der Waals surface area contributed by atoms with Crippen LogP contribution in [0, 0.1) is 0 Å². The van der Waals surface area contributed by atoms with Gasteiger partial charge in [0.05, 0.1) is 19.2 Å². The zero-order valence-corrected chi connectivity index (χ0v) is 16.1. The van der Waals surface area contributed by atoms with Gasteiger partial charge in [-0.1, -0.05) is 23.2 Å². The summed E-state index contributed by atoms with van der Waals surface area (Å²) in [5.74, 6) is 0.820. The first kappa shape index (κ1) is 18.5. The first-order chi connectivity index (χ1) is 12.5. The highest BCUT2D eigenvalue weighted by Gasteiger charge is 2.17. The number of hydrogen-bond donors (Lipinski definition) is 0. The lowest BCUT2D eigenvalue weighted by Gasteiger charge is -2.08. The van der Waals surface area contributed by atoms with Crippen molar-refractivity contribution < 1.29 is 19.0 Å². The molecule has 3 aromatic rings. The van der Waals surface area contributed by atoms with Crippen LogP contribution in [0.1, 0.15) is 10.5 Å². The average molecular weight is 410 g/mol. The number of hydrogen-bond acceptors (Lipinski definition) is 6. The summed E-state index contributed by atoms with van der Waals surface area (Å²) >= 11 is 13.2. The molecule has 0 saturated carbocycles. The van der Waals surface area contributed by atoms with E-state index in [4.69, 9.17) is 37.4 Å². The molecule has 0 amide bonds. The van der Waals surface area contributed by atoms with E-state index in [1.165, 1.54) is 23.5 Å². The Morgan fingerprint density at radius 2 is 1.73 bits per heavy atom. The van der Waals surface area contributed by atoms with Gasteiger partial charge in [0, 0.05) is 16.0 Å². The Bertz CT molecular complexity index is 958. The summed E-state index contributed by atoms with van der Waals surface area (Å²) in [6.45, 7) is 0. The van der Waals surface area contributed by atoms with Gasteiger partial charge in [-0.2, -0.15) is 0 Å². The Labute approximate surface area is 164 Å². The molecule has 1 heterocycles. The lowest BCUT2D eigenvalue weighted by molar-refractivity contribution is 0.0729. The second-order valence-corrected chi connectivity index (χ2v) is 6.77. The largest absolute Gasteiger partial charge is 0.493 e. The van der Waals surface area contributed by atoms with E-state index in [1.807, 2.05) is 6.07 Å². The number of thiazole rings is 1. The van der Waals surface area contributed by atoms with E-state index >= 15 is 0 Å². The van der Waals surface area contributed by atoms with Crippen LogP contribution in [0.3, 0.4) is 0 Å². The Morgan fingerprint density at radius 1 is 1.00 bits per heavy atom. The maximum absolute atomic E-state index is 12.3. The number of ether oxygens (including phenoxy) is 3. The summed E-state index contributed by atoms with van der Waals surface area (Å²) in [6, 6.07) is 10.0. The molecule has 1 aromatic heterocycles. The topological polar surface area (TPSA) is 57.7 Å². The molecule has 0 unspecified atom stereocenters. The standard InChI is InChI=1S/C18H13Cl2NO4S/c1-23-15-5-3-10(7-16(15)24-2)17-21-13(9-26-17)18(22)25-14-6-4-11(19)8-12(14)20/h3-9H,1-2H3. The Morgan fingerprint density at radius 3 is 2.42 bits per heavy atom. The molecule has 0 aliphatic heterocycles. The van der Waals surface area contributed by atoms with E-state index in [2.05, 4.69) is 4.98 Å². The van der Waals surface area contributed by atoms with Gasteiger partial charge in [0.1, 0.15) is 10.8 Å². The Kier molecular flexibility index (Phi) is 5.66. The van der Waals surface area contributed by atoms with Gasteiger partial charge in [0.25, 0.3) is 0 Å². The SMILES string of the molecule is COc1ccc(-c2nc(C(=O)Oc3ccc(Cl)cc3Cl)cs2)cc1OC. The molecule has 26 heavy (non-hydrogen) atoms. The average Bonchev–Trinajstić information content (AvgIpc) is 3.13. The van der Waals surface area contributed by atoms with Crippen molar-refractivity contribution in [1.29, 1.82) is 0 Å². The third-order valence-corrected chi connectivity index (χ3v) is 4.86. The number of carbonyl (C=O) groups is 1. The minimum Gasteiger partial charge on any atom is -0.493 e. The first-order valence-corrected chi connectivity index (χ1v) is 9.00. The zero-order chi connectivity index (χ0) is 18.7. The number of nitrogens with zero attached hydrogens (tertiary/aromatic N) is 1. The van der Waals surface area contributed by atoms with E-state index in [-0.39, 0.29) is 16.5 Å². The molecule has 0 N–H and O–H groups in total. The number of rotatable bonds is 5. The van der Waals surface area contributed by atoms with Crippen molar-refractivity contribution in [2.24, 2.45) is 0 Å². The Balaban J connectivity index is 1.82. The van der Waals surface area contributed by atoms with Crippen LogP contribution in [0.2, 0.25) is 10.0 Å². The van der Waals surface area contributed by atoms with Crippen molar-refractivity contribution in [2.75, 3.05) is 14.2 Å². The molecule has 0 aliphatic rings. The number of carbonyl (C=O) groups excluding carboxylic acids is 1. The van der Waals surface area contributed by atoms with Crippen molar-refractivity contribution in [3.8, 4) is 27.8 Å². The van der Waals surface area contributed by atoms with Crippen LogP contribution in [-0.2, 0) is 0 Å². The molecule has 2 aromatic carbocycles. The van der Waals surface area contributed by atoms with Gasteiger partial charge in [0.15, 0.2) is 17.2 Å². The molecule has 0 aliphatic carbocycles. The summed E-state index contributed by atoms with van der Waals surface area (Å²) in [5, 5.41) is 2.98. The van der Waals surface area contributed by atoms with Crippen LogP contribution in [0.4, 0.5) is 0 Å². The lowest BCUT2D eigenvalue weighted by Crippen LogP contribution is -2.09. The van der Waals surface area contributed by atoms with E-state index in [0.717, 1.165) is 5.56 Å². The highest BCUT2D eigenvalue weighted by atomic mass is 35.5. The molecule has 8 heteroatoms. The second kappa shape index (κ2) is 7.95. The maximum Gasteiger partial charge on any atom is 0.363 e. The molecule has 0 radical (unpaired) electrons. The number of halogens is 2. The fourth-order valence-electron chi connectivity index (χ4n) is 2.18. The van der Waals surface area contributed by atoms with E-state index in [0.29, 0.717) is 21.5 Å². The smallest absolute Gasteiger partial charge is 0.363 e. The van der Waals surface area contributed by atoms with Crippen molar-refractivity contribution in [3.63, 3.8) is 0 Å². The summed E-state index contributed by atoms with van der Waals surface area (Å²) in [4.78, 5) is 16.6. The molecule has 5 nitrogen and oxygen atoms in total. The van der Waals surface area contributed by atoms with Gasteiger partial charge in [-0.15, -0.1) is 11.3 Å². The Hall–Kier alpha value is -2.28. The van der Waals surface area contributed by atoms with Gasteiger partial charge in [-0.25, -0.2) is 9.78 Å². The normalized spacial score (nSPS) is 10.5. The summed E-state index contributed by atoms with van der Waals surface area (Å²) in [6.07, 6.45) is 0. The first-order valence-electron chi connectivity index (χ1n) is 7.37. The number of benzene rings is 2. The van der Waals surface area contributed by atoms with Gasteiger partial charge < -0.3 is 14.2 Å². The van der Waals surface area contributed by atoms with Crippen molar-refractivity contribution >= 4 is 40.5 Å². The molecule has 0 bridgehead atoms. The molecule has 0 fully saturated rings. The van der Waals surface area contributed by atoms with Gasteiger partial charge >= 0.3 is 5.97 Å². The number of methoxy groups -OCH3 is 2. The molecule has 3 rings (SSSR count). The number of aromatic nitrogens is 1. The molecule has 0 atom stereocenters. The molecule has 0 saturated heterocycles. The summed E-state index contributed by atoms with van der Waals surface area (Å²) in [7, 11) is 3.12. The predicted octanol–water partition coefficient (Wildman–Crippen LogP) is 5.35. The molecule has 134 valence electrons. The maximum atomic E-state index is 12.3. The summed E-state index contributed by atoms with van der Waals surface area (Å²) in [5.41, 5.74) is 0.988. The quantitative estimate of drug-likeness (QED) is 0.419. The van der Waals surface area contributed by atoms with Crippen LogP contribution in [0.5, 0.6) is 17.2 Å². The summed E-state index contributed by atoms with van der Waals surface area (Å²) < 4.78 is 15.8. The third kappa shape index (κ3) is 3.93. The highest BCUT2D eigenvalue weighted by Crippen LogP contribution is 2.34. The van der Waals surface area contributed by atoms with E-state index in [1.54, 1.807) is 37.8 Å². The van der Waals surface area contributed by atoms with Gasteiger partial charge in [-0.3, -0.25) is 0 Å². The van der Waals surface area contributed by atoms with Crippen LogP contribution in [0.25, 0.3) is 10.6 Å². The minimum absolute atomic E-state index is 0.186. The van der Waals surface area contributed by atoms with Crippen LogP contribution in [0.15, 0.2) is 41.8 Å². The van der Waals surface area contributed by atoms with Gasteiger partial charge in [-0.05, 0) is 36.4 Å². The second-order valence-electron chi connectivity index (χ2n) is 5.07. The predicted molar refractivity (Wildman–Crippen MR) is 102 cm³/mol. The van der Waals surface area contributed by atoms with Crippen molar-refractivity contribution in [3.05, 3.63) is 57.5 Å². The van der Waals surface area contributed by atoms with E-state index in [9.17, 15) is 4.79 Å². The molecular weight excluding hydrogens is 397 g/mol.